The van der Waals surface area contributed by atoms with E-state index in [9.17, 15) is 21.6 Å². The molecule has 0 aliphatic rings. The summed E-state index contributed by atoms with van der Waals surface area (Å²) in [5.74, 6) is -0.875. The second-order valence-electron chi connectivity index (χ2n) is 5.56. The Morgan fingerprint density at radius 2 is 1.33 bits per heavy atom. The third-order valence-corrected chi connectivity index (χ3v) is 8.27. The lowest BCUT2D eigenvalue weighted by Crippen LogP contribution is -2.33. The summed E-state index contributed by atoms with van der Waals surface area (Å²) in [6, 6.07) is 3.46. The van der Waals surface area contributed by atoms with Crippen molar-refractivity contribution in [3.05, 3.63) is 23.8 Å². The summed E-state index contributed by atoms with van der Waals surface area (Å²) < 4.78 is 58.7. The number of carbonyl (C=O) groups is 1. The van der Waals surface area contributed by atoms with Crippen LogP contribution in [0, 0.1) is 0 Å². The van der Waals surface area contributed by atoms with Crippen LogP contribution in [0.3, 0.4) is 0 Å². The molecule has 0 heterocycles. The number of sulfonamides is 2. The van der Waals surface area contributed by atoms with Crippen LogP contribution in [0.4, 0.5) is 0 Å². The number of hydrogen-bond acceptors (Lipinski definition) is 6. The molecular weight excluding hydrogens is 392 g/mol. The van der Waals surface area contributed by atoms with Gasteiger partial charge in [-0.25, -0.2) is 21.6 Å². The topological polar surface area (TPSA) is 101 Å². The maximum absolute atomic E-state index is 12.9. The van der Waals surface area contributed by atoms with Crippen molar-refractivity contribution in [3.63, 3.8) is 0 Å². The van der Waals surface area contributed by atoms with E-state index in [0.717, 1.165) is 12.1 Å². The van der Waals surface area contributed by atoms with Crippen molar-refractivity contribution in [2.24, 2.45) is 0 Å². The lowest BCUT2D eigenvalue weighted by molar-refractivity contribution is 0.0521. The number of carbonyl (C=O) groups excluding carboxylic acids is 1. The molecule has 0 saturated heterocycles. The minimum absolute atomic E-state index is 0.0383. The van der Waals surface area contributed by atoms with E-state index in [4.69, 9.17) is 4.74 Å². The molecule has 0 amide bonds. The average molecular weight is 421 g/mol. The Morgan fingerprint density at radius 3 is 1.78 bits per heavy atom. The number of benzene rings is 1. The van der Waals surface area contributed by atoms with Gasteiger partial charge < -0.3 is 4.74 Å². The van der Waals surface area contributed by atoms with Gasteiger partial charge in [-0.1, -0.05) is 27.7 Å². The van der Waals surface area contributed by atoms with Gasteiger partial charge in [0.1, 0.15) is 0 Å². The van der Waals surface area contributed by atoms with Crippen molar-refractivity contribution in [2.45, 2.75) is 44.4 Å². The summed E-state index contributed by atoms with van der Waals surface area (Å²) in [5, 5.41) is 0. The minimum Gasteiger partial charge on any atom is -0.462 e. The van der Waals surface area contributed by atoms with Gasteiger partial charge in [0.25, 0.3) is 0 Å². The van der Waals surface area contributed by atoms with Crippen molar-refractivity contribution in [1.29, 1.82) is 0 Å². The molecule has 8 nitrogen and oxygen atoms in total. The zero-order chi connectivity index (χ0) is 20.8. The van der Waals surface area contributed by atoms with Crippen LogP contribution in [0.15, 0.2) is 28.0 Å². The summed E-state index contributed by atoms with van der Waals surface area (Å²) >= 11 is 0. The molecule has 27 heavy (non-hydrogen) atoms. The number of nitrogens with zero attached hydrogens (tertiary/aromatic N) is 2. The lowest BCUT2D eigenvalue weighted by Gasteiger charge is -2.22. The van der Waals surface area contributed by atoms with E-state index in [1.165, 1.54) is 14.7 Å². The number of ether oxygens (including phenoxy) is 1. The van der Waals surface area contributed by atoms with E-state index >= 15 is 0 Å². The molecule has 0 aliphatic heterocycles. The lowest BCUT2D eigenvalue weighted by atomic mass is 10.2. The highest BCUT2D eigenvalue weighted by molar-refractivity contribution is 7.89. The standard InChI is InChI=1S/C17H28N2O6S2/c1-6-18(7-2)26(21,22)14-11-12-16(15(13-14)17(20)25-10-5)27(23,24)19(8-3)9-4/h11-13H,6-10H2,1-5H3. The molecule has 0 fully saturated rings. The molecule has 1 rings (SSSR count). The van der Waals surface area contributed by atoms with Crippen LogP contribution < -0.4 is 0 Å². The molecule has 0 N–H and O–H groups in total. The van der Waals surface area contributed by atoms with Crippen LogP contribution in [0.1, 0.15) is 45.0 Å². The molecule has 0 radical (unpaired) electrons. The fourth-order valence-electron chi connectivity index (χ4n) is 2.68. The molecule has 0 aromatic heterocycles. The third-order valence-electron chi connectivity index (χ3n) is 4.11. The van der Waals surface area contributed by atoms with Gasteiger partial charge in [0, 0.05) is 26.2 Å². The fraction of sp³-hybridized carbons (Fsp3) is 0.588. The third kappa shape index (κ3) is 4.87. The van der Waals surface area contributed by atoms with Gasteiger partial charge in [-0.05, 0) is 25.1 Å². The van der Waals surface area contributed by atoms with Crippen LogP contribution in [0.25, 0.3) is 0 Å². The zero-order valence-corrected chi connectivity index (χ0v) is 18.1. The van der Waals surface area contributed by atoms with E-state index in [-0.39, 0.29) is 48.1 Å². The first-order valence-corrected chi connectivity index (χ1v) is 11.8. The zero-order valence-electron chi connectivity index (χ0n) is 16.4. The average Bonchev–Trinajstić information content (AvgIpc) is 2.63. The van der Waals surface area contributed by atoms with E-state index in [1.807, 2.05) is 0 Å². The quantitative estimate of drug-likeness (QED) is 0.536. The largest absolute Gasteiger partial charge is 0.462 e. The van der Waals surface area contributed by atoms with Crippen molar-refractivity contribution in [3.8, 4) is 0 Å². The Hall–Kier alpha value is -1.49. The maximum Gasteiger partial charge on any atom is 0.339 e. The second kappa shape index (κ2) is 9.63. The summed E-state index contributed by atoms with van der Waals surface area (Å²) in [7, 11) is -7.81. The van der Waals surface area contributed by atoms with Crippen LogP contribution in [-0.4, -0.2) is 64.2 Å². The van der Waals surface area contributed by atoms with Gasteiger partial charge in [-0.15, -0.1) is 0 Å². The van der Waals surface area contributed by atoms with Crippen LogP contribution >= 0.6 is 0 Å². The van der Waals surface area contributed by atoms with E-state index in [1.54, 1.807) is 34.6 Å². The van der Waals surface area contributed by atoms with E-state index in [0.29, 0.717) is 0 Å². The second-order valence-corrected chi connectivity index (χ2v) is 9.40. The first kappa shape index (κ1) is 23.5. The van der Waals surface area contributed by atoms with Gasteiger partial charge in [-0.2, -0.15) is 8.61 Å². The summed E-state index contributed by atoms with van der Waals surface area (Å²) in [6.07, 6.45) is 0. The molecule has 154 valence electrons. The van der Waals surface area contributed by atoms with Gasteiger partial charge in [-0.3, -0.25) is 0 Å². The Kier molecular flexibility index (Phi) is 8.40. The van der Waals surface area contributed by atoms with Crippen LogP contribution in [0.2, 0.25) is 0 Å². The Balaban J connectivity index is 3.68. The minimum atomic E-state index is -3.96. The number of rotatable bonds is 10. The molecule has 1 aromatic rings. The first-order chi connectivity index (χ1) is 12.6. The van der Waals surface area contributed by atoms with Gasteiger partial charge in [0.05, 0.1) is 22.0 Å². The predicted molar refractivity (Wildman–Crippen MR) is 103 cm³/mol. The van der Waals surface area contributed by atoms with E-state index in [2.05, 4.69) is 0 Å². The molecule has 0 spiro atoms. The number of hydrogen-bond donors (Lipinski definition) is 0. The van der Waals surface area contributed by atoms with Crippen molar-refractivity contribution < 1.29 is 26.4 Å². The van der Waals surface area contributed by atoms with Crippen LogP contribution in [-0.2, 0) is 24.8 Å². The van der Waals surface area contributed by atoms with Gasteiger partial charge >= 0.3 is 5.97 Å². The smallest absolute Gasteiger partial charge is 0.339 e. The monoisotopic (exact) mass is 420 g/mol. The molecule has 0 unspecified atom stereocenters. The maximum atomic E-state index is 12.9. The molecule has 1 aromatic carbocycles. The highest BCUT2D eigenvalue weighted by Crippen LogP contribution is 2.26. The Labute approximate surface area is 162 Å². The van der Waals surface area contributed by atoms with Crippen molar-refractivity contribution in [2.75, 3.05) is 32.8 Å². The Morgan fingerprint density at radius 1 is 0.852 bits per heavy atom. The number of esters is 1. The SMILES string of the molecule is CCOC(=O)c1cc(S(=O)(=O)N(CC)CC)ccc1S(=O)(=O)N(CC)CC. The molecule has 0 bridgehead atoms. The first-order valence-electron chi connectivity index (χ1n) is 8.93. The summed E-state index contributed by atoms with van der Waals surface area (Å²) in [6.45, 7) is 9.36. The molecule has 10 heteroatoms. The van der Waals surface area contributed by atoms with Gasteiger partial charge in [0.2, 0.25) is 20.0 Å². The molecule has 0 saturated carbocycles. The van der Waals surface area contributed by atoms with E-state index < -0.39 is 26.0 Å². The summed E-state index contributed by atoms with van der Waals surface area (Å²) in [4.78, 5) is 12.0. The van der Waals surface area contributed by atoms with Crippen molar-refractivity contribution >= 4 is 26.0 Å². The molecular formula is C17H28N2O6S2. The normalized spacial score (nSPS) is 12.6. The highest BCUT2D eigenvalue weighted by atomic mass is 32.2. The molecule has 0 aliphatic carbocycles. The molecule has 0 atom stereocenters. The predicted octanol–water partition coefficient (Wildman–Crippen LogP) is 1.92. The van der Waals surface area contributed by atoms with Crippen molar-refractivity contribution in [1.82, 2.24) is 8.61 Å². The van der Waals surface area contributed by atoms with Gasteiger partial charge in [0.15, 0.2) is 0 Å². The van der Waals surface area contributed by atoms with Crippen LogP contribution in [0.5, 0.6) is 0 Å². The summed E-state index contributed by atoms with van der Waals surface area (Å²) in [5.41, 5.74) is -0.281. The fourth-order valence-corrected chi connectivity index (χ4v) is 5.78. The highest BCUT2D eigenvalue weighted by Gasteiger charge is 2.31. The Bertz CT molecular complexity index is 857.